The lowest BCUT2D eigenvalue weighted by Crippen LogP contribution is -2.01. The summed E-state index contributed by atoms with van der Waals surface area (Å²) in [5.74, 6) is 0.640. The molecule has 0 unspecified atom stereocenters. The Morgan fingerprint density at radius 2 is 2.06 bits per heavy atom. The van der Waals surface area contributed by atoms with Crippen LogP contribution in [0.3, 0.4) is 0 Å². The highest BCUT2D eigenvalue weighted by Crippen LogP contribution is 2.38. The van der Waals surface area contributed by atoms with Crippen LogP contribution < -0.4 is 14.8 Å². The second kappa shape index (κ2) is 11.0. The second-order valence-electron chi connectivity index (χ2n) is 6.82. The number of nitrogens with one attached hydrogen (secondary N) is 1. The lowest BCUT2D eigenvalue weighted by Gasteiger charge is -2.14. The van der Waals surface area contributed by atoms with Crippen molar-refractivity contribution in [3.8, 4) is 17.6 Å². The van der Waals surface area contributed by atoms with Crippen molar-refractivity contribution in [1.82, 2.24) is 4.98 Å². The summed E-state index contributed by atoms with van der Waals surface area (Å²) in [6.07, 6.45) is 1.41. The lowest BCUT2D eigenvalue weighted by atomic mass is 10.1. The van der Waals surface area contributed by atoms with E-state index in [2.05, 4.69) is 16.4 Å². The molecule has 0 spiro atoms. The monoisotopic (exact) mass is 516 g/mol. The van der Waals surface area contributed by atoms with Gasteiger partial charge in [0.25, 0.3) is 0 Å². The number of nitriles is 1. The molecule has 0 radical (unpaired) electrons. The SMILES string of the molecule is CCOc1cc2ncc(C#N)c(Nc3ccc(OCc4cccs4)c(Cl)c3)c2cc1[N+](=O)[O-].Cl. The third-order valence-electron chi connectivity index (χ3n) is 4.72. The van der Waals surface area contributed by atoms with Crippen molar-refractivity contribution in [2.45, 2.75) is 13.5 Å². The zero-order valence-corrected chi connectivity index (χ0v) is 20.2. The van der Waals surface area contributed by atoms with Gasteiger partial charge in [-0.3, -0.25) is 15.1 Å². The molecule has 4 aromatic rings. The van der Waals surface area contributed by atoms with Crippen LogP contribution in [-0.4, -0.2) is 16.5 Å². The minimum Gasteiger partial charge on any atom is -0.487 e. The summed E-state index contributed by atoms with van der Waals surface area (Å²) in [6, 6.07) is 14.0. The number of benzene rings is 2. The van der Waals surface area contributed by atoms with E-state index in [-0.39, 0.29) is 36.0 Å². The van der Waals surface area contributed by atoms with Gasteiger partial charge < -0.3 is 14.8 Å². The summed E-state index contributed by atoms with van der Waals surface area (Å²) in [5.41, 5.74) is 1.45. The normalized spacial score (nSPS) is 10.3. The predicted molar refractivity (Wildman–Crippen MR) is 135 cm³/mol. The second-order valence-corrected chi connectivity index (χ2v) is 8.26. The van der Waals surface area contributed by atoms with Crippen molar-refractivity contribution in [2.24, 2.45) is 0 Å². The summed E-state index contributed by atoms with van der Waals surface area (Å²) >= 11 is 8.00. The molecular formula is C23H18Cl2N4O4S. The van der Waals surface area contributed by atoms with Gasteiger partial charge in [-0.15, -0.1) is 23.7 Å². The number of aromatic nitrogens is 1. The highest BCUT2D eigenvalue weighted by molar-refractivity contribution is 7.09. The molecule has 1 N–H and O–H groups in total. The summed E-state index contributed by atoms with van der Waals surface area (Å²) < 4.78 is 11.2. The van der Waals surface area contributed by atoms with Gasteiger partial charge in [0.15, 0.2) is 5.75 Å². The van der Waals surface area contributed by atoms with Gasteiger partial charge in [-0.05, 0) is 36.6 Å². The number of nitrogens with zero attached hydrogens (tertiary/aromatic N) is 3. The molecule has 0 bridgehead atoms. The van der Waals surface area contributed by atoms with Gasteiger partial charge >= 0.3 is 5.69 Å². The zero-order chi connectivity index (χ0) is 23.4. The Morgan fingerprint density at radius 1 is 1.24 bits per heavy atom. The van der Waals surface area contributed by atoms with Gasteiger partial charge in [0.2, 0.25) is 0 Å². The Labute approximate surface area is 210 Å². The number of nitro benzene ring substituents is 1. The van der Waals surface area contributed by atoms with E-state index < -0.39 is 4.92 Å². The number of nitro groups is 1. The Balaban J connectivity index is 0.00000324. The first-order chi connectivity index (χ1) is 16.0. The number of hydrogen-bond donors (Lipinski definition) is 1. The van der Waals surface area contributed by atoms with Crippen LogP contribution in [0.1, 0.15) is 17.4 Å². The smallest absolute Gasteiger partial charge is 0.311 e. The summed E-state index contributed by atoms with van der Waals surface area (Å²) in [7, 11) is 0. The third-order valence-corrected chi connectivity index (χ3v) is 5.86. The van der Waals surface area contributed by atoms with Crippen LogP contribution in [0.2, 0.25) is 5.02 Å². The predicted octanol–water partition coefficient (Wildman–Crippen LogP) is 6.87. The fourth-order valence-corrected chi connectivity index (χ4v) is 4.08. The van der Waals surface area contributed by atoms with E-state index in [4.69, 9.17) is 21.1 Å². The average Bonchev–Trinajstić information content (AvgIpc) is 3.32. The van der Waals surface area contributed by atoms with E-state index in [0.717, 1.165) is 4.88 Å². The number of ether oxygens (including phenoxy) is 2. The molecule has 0 atom stereocenters. The van der Waals surface area contributed by atoms with Crippen LogP contribution in [0, 0.1) is 21.4 Å². The topological polar surface area (TPSA) is 110 Å². The maximum absolute atomic E-state index is 11.6. The standard InChI is InChI=1S/C23H17ClN4O4S.ClH/c1-2-31-22-10-19-17(9-20(22)28(29)30)23(14(11-25)12-26-19)27-15-5-6-21(18(24)8-15)32-13-16-4-3-7-33-16;/h3-10,12H,2,13H2,1H3,(H,26,27);1H. The van der Waals surface area contributed by atoms with Crippen LogP contribution >= 0.6 is 35.3 Å². The molecule has 34 heavy (non-hydrogen) atoms. The van der Waals surface area contributed by atoms with Gasteiger partial charge in [0, 0.05) is 34.3 Å². The maximum Gasteiger partial charge on any atom is 0.311 e. The maximum atomic E-state index is 11.6. The van der Waals surface area contributed by atoms with E-state index in [1.54, 1.807) is 36.5 Å². The number of rotatable bonds is 8. The summed E-state index contributed by atoms with van der Waals surface area (Å²) in [5, 5.41) is 27.1. The molecule has 4 rings (SSSR count). The number of anilines is 2. The quantitative estimate of drug-likeness (QED) is 0.201. The molecule has 2 heterocycles. The molecule has 0 amide bonds. The van der Waals surface area contributed by atoms with Crippen LogP contribution in [-0.2, 0) is 6.61 Å². The summed E-state index contributed by atoms with van der Waals surface area (Å²) in [6.45, 7) is 2.42. The van der Waals surface area contributed by atoms with Gasteiger partial charge in [-0.2, -0.15) is 5.26 Å². The van der Waals surface area contributed by atoms with Crippen LogP contribution in [0.15, 0.2) is 54.0 Å². The first-order valence-electron chi connectivity index (χ1n) is 9.86. The zero-order valence-electron chi connectivity index (χ0n) is 17.8. The molecule has 11 heteroatoms. The van der Waals surface area contributed by atoms with Crippen molar-refractivity contribution in [3.63, 3.8) is 0 Å². The van der Waals surface area contributed by atoms with Gasteiger partial charge in [0.05, 0.1) is 33.3 Å². The lowest BCUT2D eigenvalue weighted by molar-refractivity contribution is -0.385. The Kier molecular flexibility index (Phi) is 8.12. The number of thiophene rings is 1. The van der Waals surface area contributed by atoms with Crippen molar-refractivity contribution in [1.29, 1.82) is 5.26 Å². The van der Waals surface area contributed by atoms with Gasteiger partial charge in [0.1, 0.15) is 18.4 Å². The van der Waals surface area contributed by atoms with E-state index >= 15 is 0 Å². The molecule has 0 aliphatic rings. The molecule has 8 nitrogen and oxygen atoms in total. The fourth-order valence-electron chi connectivity index (χ4n) is 3.23. The van der Waals surface area contributed by atoms with Crippen molar-refractivity contribution in [3.05, 3.63) is 79.6 Å². The third kappa shape index (κ3) is 5.31. The number of fused-ring (bicyclic) bond motifs is 1. The Hall–Kier alpha value is -3.58. The van der Waals surface area contributed by atoms with Crippen molar-refractivity contribution >= 4 is 63.3 Å². The van der Waals surface area contributed by atoms with Crippen LogP contribution in [0.5, 0.6) is 11.5 Å². The molecule has 2 aromatic heterocycles. The molecule has 2 aromatic carbocycles. The first-order valence-corrected chi connectivity index (χ1v) is 11.1. The van der Waals surface area contributed by atoms with E-state index in [9.17, 15) is 15.4 Å². The molecule has 0 aliphatic carbocycles. The largest absolute Gasteiger partial charge is 0.487 e. The number of hydrogen-bond acceptors (Lipinski definition) is 8. The molecular weight excluding hydrogens is 499 g/mol. The molecule has 174 valence electrons. The Bertz CT molecular complexity index is 1370. The fraction of sp³-hybridized carbons (Fsp3) is 0.130. The highest BCUT2D eigenvalue weighted by Gasteiger charge is 2.20. The minimum absolute atomic E-state index is 0. The molecule has 0 fully saturated rings. The molecule has 0 aliphatic heterocycles. The van der Waals surface area contributed by atoms with Crippen LogP contribution in [0.25, 0.3) is 10.9 Å². The van der Waals surface area contributed by atoms with Gasteiger partial charge in [-0.1, -0.05) is 17.7 Å². The molecule has 0 saturated heterocycles. The van der Waals surface area contributed by atoms with E-state index in [0.29, 0.717) is 39.7 Å². The van der Waals surface area contributed by atoms with Crippen molar-refractivity contribution < 1.29 is 14.4 Å². The highest BCUT2D eigenvalue weighted by atomic mass is 35.5. The summed E-state index contributed by atoms with van der Waals surface area (Å²) in [4.78, 5) is 16.4. The average molecular weight is 517 g/mol. The minimum atomic E-state index is -0.524. The van der Waals surface area contributed by atoms with Crippen molar-refractivity contribution in [2.75, 3.05) is 11.9 Å². The van der Waals surface area contributed by atoms with E-state index in [1.807, 2.05) is 17.5 Å². The van der Waals surface area contributed by atoms with E-state index in [1.165, 1.54) is 18.3 Å². The number of halogens is 2. The Morgan fingerprint density at radius 3 is 2.71 bits per heavy atom. The number of pyridine rings is 1. The molecule has 0 saturated carbocycles. The first kappa shape index (κ1) is 25.1. The van der Waals surface area contributed by atoms with Gasteiger partial charge in [-0.25, -0.2) is 0 Å². The van der Waals surface area contributed by atoms with Crippen LogP contribution in [0.4, 0.5) is 17.1 Å².